The number of aliphatic carboxylic acids is 1. The molecule has 0 aliphatic heterocycles. The highest BCUT2D eigenvalue weighted by Crippen LogP contribution is 2.19. The zero-order chi connectivity index (χ0) is 19.2. The number of carbonyl (C=O) groups is 2. The van der Waals surface area contributed by atoms with Crippen LogP contribution in [0.5, 0.6) is 5.75 Å². The molecule has 0 saturated heterocycles. The van der Waals surface area contributed by atoms with Crippen LogP contribution >= 0.6 is 11.3 Å². The minimum atomic E-state index is -3.32. The minimum absolute atomic E-state index is 0.0634. The molecule has 0 radical (unpaired) electrons. The van der Waals surface area contributed by atoms with Gasteiger partial charge in [0, 0.05) is 24.6 Å². The van der Waals surface area contributed by atoms with Crippen molar-refractivity contribution in [3.05, 3.63) is 46.2 Å². The molecule has 2 rings (SSSR count). The highest BCUT2D eigenvalue weighted by Gasteiger charge is 2.14. The predicted molar refractivity (Wildman–Crippen MR) is 97.4 cm³/mol. The molecule has 0 bridgehead atoms. The van der Waals surface area contributed by atoms with Gasteiger partial charge in [-0.1, -0.05) is 12.1 Å². The van der Waals surface area contributed by atoms with E-state index >= 15 is 0 Å². The first-order chi connectivity index (χ1) is 12.3. The van der Waals surface area contributed by atoms with Gasteiger partial charge in [0.05, 0.1) is 16.4 Å². The molecule has 0 aliphatic rings. The average Bonchev–Trinajstić information content (AvgIpc) is 3.08. The van der Waals surface area contributed by atoms with Crippen LogP contribution in [0.1, 0.15) is 28.1 Å². The maximum atomic E-state index is 12.1. The fourth-order valence-corrected chi connectivity index (χ4v) is 3.95. The lowest BCUT2D eigenvalue weighted by Gasteiger charge is -2.07. The van der Waals surface area contributed by atoms with E-state index in [4.69, 9.17) is 9.84 Å². The van der Waals surface area contributed by atoms with Crippen molar-refractivity contribution >= 4 is 33.1 Å². The Morgan fingerprint density at radius 3 is 2.50 bits per heavy atom. The van der Waals surface area contributed by atoms with Crippen molar-refractivity contribution in [3.8, 4) is 5.75 Å². The number of hydrogen-bond donors (Lipinski definition) is 2. The summed E-state index contributed by atoms with van der Waals surface area (Å²) in [5.41, 5.74) is 0.858. The molecule has 1 heterocycles. The van der Waals surface area contributed by atoms with Gasteiger partial charge in [0.15, 0.2) is 9.84 Å². The lowest BCUT2D eigenvalue weighted by Crippen LogP contribution is -2.21. The molecule has 1 aromatic carbocycles. The van der Waals surface area contributed by atoms with E-state index in [1.165, 1.54) is 11.4 Å². The topological polar surface area (TPSA) is 110 Å². The van der Waals surface area contributed by atoms with Gasteiger partial charge in [-0.25, -0.2) is 8.42 Å². The van der Waals surface area contributed by atoms with Crippen molar-refractivity contribution in [2.75, 3.05) is 12.9 Å². The van der Waals surface area contributed by atoms with Gasteiger partial charge in [0.2, 0.25) is 0 Å². The summed E-state index contributed by atoms with van der Waals surface area (Å²) >= 11 is 1.08. The molecule has 7 nitrogen and oxygen atoms in total. The van der Waals surface area contributed by atoms with E-state index < -0.39 is 15.8 Å². The third kappa shape index (κ3) is 6.16. The van der Waals surface area contributed by atoms with Crippen LogP contribution in [-0.4, -0.2) is 38.3 Å². The normalized spacial score (nSPS) is 11.1. The Bertz CT molecular complexity index is 871. The van der Waals surface area contributed by atoms with Gasteiger partial charge in [-0.15, -0.1) is 11.3 Å². The largest absolute Gasteiger partial charge is 0.494 e. The summed E-state index contributed by atoms with van der Waals surface area (Å²) in [6, 6.07) is 8.44. The molecule has 0 saturated carbocycles. The average molecular weight is 397 g/mol. The second-order valence-electron chi connectivity index (χ2n) is 5.59. The van der Waals surface area contributed by atoms with Crippen LogP contribution in [0.3, 0.4) is 0 Å². The summed E-state index contributed by atoms with van der Waals surface area (Å²) in [6.45, 7) is 0.619. The van der Waals surface area contributed by atoms with Crippen LogP contribution in [0.2, 0.25) is 0 Å². The number of rotatable bonds is 9. The first kappa shape index (κ1) is 19.9. The summed E-state index contributed by atoms with van der Waals surface area (Å²) in [7, 11) is -3.32. The Hall–Kier alpha value is -2.39. The van der Waals surface area contributed by atoms with Gasteiger partial charge in [0.25, 0.3) is 5.91 Å². The van der Waals surface area contributed by atoms with Gasteiger partial charge in [-0.05, 0) is 30.2 Å². The number of carboxylic acid groups (broad SMARTS) is 1. The molecule has 2 aromatic rings. The van der Waals surface area contributed by atoms with Gasteiger partial charge >= 0.3 is 5.97 Å². The molecule has 0 fully saturated rings. The Morgan fingerprint density at radius 2 is 1.92 bits per heavy atom. The number of carbonyl (C=O) groups excluding carboxylic acids is 1. The van der Waals surface area contributed by atoms with E-state index in [0.717, 1.165) is 23.2 Å². The van der Waals surface area contributed by atoms with E-state index in [-0.39, 0.29) is 17.2 Å². The SMILES string of the molecule is CS(=O)(=O)c1csc(C(=O)NCc2ccc(OCCCC(=O)O)cc2)c1. The van der Waals surface area contributed by atoms with Crippen LogP contribution in [0, 0.1) is 0 Å². The fraction of sp³-hybridized carbons (Fsp3) is 0.294. The number of ether oxygens (including phenoxy) is 1. The third-order valence-electron chi connectivity index (χ3n) is 3.41. The maximum Gasteiger partial charge on any atom is 0.303 e. The smallest absolute Gasteiger partial charge is 0.303 e. The van der Waals surface area contributed by atoms with Crippen LogP contribution in [0.25, 0.3) is 0 Å². The number of benzene rings is 1. The first-order valence-electron chi connectivity index (χ1n) is 7.76. The molecule has 9 heteroatoms. The number of thiophene rings is 1. The van der Waals surface area contributed by atoms with Gasteiger partial charge < -0.3 is 15.2 Å². The summed E-state index contributed by atoms with van der Waals surface area (Å²) in [5, 5.41) is 12.7. The van der Waals surface area contributed by atoms with Gasteiger partial charge in [-0.2, -0.15) is 0 Å². The van der Waals surface area contributed by atoms with Crippen LogP contribution in [0.15, 0.2) is 40.6 Å². The Kier molecular flexibility index (Phi) is 6.76. The summed E-state index contributed by atoms with van der Waals surface area (Å²) in [5.74, 6) is -0.561. The molecule has 2 N–H and O–H groups in total. The van der Waals surface area contributed by atoms with E-state index in [2.05, 4.69) is 5.32 Å². The van der Waals surface area contributed by atoms with Crippen molar-refractivity contribution in [2.45, 2.75) is 24.3 Å². The zero-order valence-electron chi connectivity index (χ0n) is 14.1. The Labute approximate surface area is 155 Å². The van der Waals surface area contributed by atoms with Crippen molar-refractivity contribution < 1.29 is 27.9 Å². The number of nitrogens with one attached hydrogen (secondary N) is 1. The monoisotopic (exact) mass is 397 g/mol. The Balaban J connectivity index is 1.82. The first-order valence-corrected chi connectivity index (χ1v) is 10.5. The molecule has 0 atom stereocenters. The van der Waals surface area contributed by atoms with Gasteiger partial charge in [-0.3, -0.25) is 9.59 Å². The molecule has 1 aromatic heterocycles. The van der Waals surface area contributed by atoms with Crippen LogP contribution in [0.4, 0.5) is 0 Å². The lowest BCUT2D eigenvalue weighted by molar-refractivity contribution is -0.137. The van der Waals surface area contributed by atoms with Crippen LogP contribution in [-0.2, 0) is 21.2 Å². The van der Waals surface area contributed by atoms with E-state index in [1.807, 2.05) is 0 Å². The zero-order valence-corrected chi connectivity index (χ0v) is 15.7. The molecule has 1 amide bonds. The quantitative estimate of drug-likeness (QED) is 0.629. The summed E-state index contributed by atoms with van der Waals surface area (Å²) in [4.78, 5) is 23.0. The molecular formula is C17H19NO6S2. The fourth-order valence-electron chi connectivity index (χ4n) is 2.02. The van der Waals surface area contributed by atoms with Crippen molar-refractivity contribution in [2.24, 2.45) is 0 Å². The second-order valence-corrected chi connectivity index (χ2v) is 8.52. The number of sulfone groups is 1. The number of amides is 1. The van der Waals surface area contributed by atoms with Crippen molar-refractivity contribution in [1.82, 2.24) is 5.32 Å². The van der Waals surface area contributed by atoms with Gasteiger partial charge in [0.1, 0.15) is 5.75 Å². The maximum absolute atomic E-state index is 12.1. The summed E-state index contributed by atoms with van der Waals surface area (Å²) in [6.07, 6.45) is 1.60. The van der Waals surface area contributed by atoms with Crippen LogP contribution < -0.4 is 10.1 Å². The standard InChI is InChI=1S/C17H19NO6S2/c1-26(22,23)14-9-15(25-11-14)17(21)18-10-12-4-6-13(7-5-12)24-8-2-3-16(19)20/h4-7,9,11H,2-3,8,10H2,1H3,(H,18,21)(H,19,20). The van der Waals surface area contributed by atoms with E-state index in [1.54, 1.807) is 24.3 Å². The van der Waals surface area contributed by atoms with E-state index in [9.17, 15) is 18.0 Å². The summed E-state index contributed by atoms with van der Waals surface area (Å²) < 4.78 is 28.3. The highest BCUT2D eigenvalue weighted by atomic mass is 32.2. The van der Waals surface area contributed by atoms with Crippen molar-refractivity contribution in [3.63, 3.8) is 0 Å². The minimum Gasteiger partial charge on any atom is -0.494 e. The van der Waals surface area contributed by atoms with E-state index in [0.29, 0.717) is 30.2 Å². The molecular weight excluding hydrogens is 378 g/mol. The molecule has 140 valence electrons. The predicted octanol–water partition coefficient (Wildman–Crippen LogP) is 2.33. The third-order valence-corrected chi connectivity index (χ3v) is 5.58. The molecule has 0 spiro atoms. The molecule has 0 unspecified atom stereocenters. The number of hydrogen-bond acceptors (Lipinski definition) is 6. The Morgan fingerprint density at radius 1 is 1.23 bits per heavy atom. The van der Waals surface area contributed by atoms with Crippen molar-refractivity contribution in [1.29, 1.82) is 0 Å². The molecule has 0 aliphatic carbocycles. The number of carboxylic acids is 1. The second kappa shape index (κ2) is 8.81. The lowest BCUT2D eigenvalue weighted by atomic mass is 10.2. The highest BCUT2D eigenvalue weighted by molar-refractivity contribution is 7.90. The molecule has 26 heavy (non-hydrogen) atoms.